The molecule has 0 fully saturated rings. The Morgan fingerprint density at radius 3 is 2.33 bits per heavy atom. The third-order valence-corrected chi connectivity index (χ3v) is 2.16. The third-order valence-electron chi connectivity index (χ3n) is 2.16. The lowest BCUT2D eigenvalue weighted by molar-refractivity contribution is 0.131. The molecular formula is C11H16N2O2. The van der Waals surface area contributed by atoms with Crippen molar-refractivity contribution in [2.24, 2.45) is 5.73 Å². The first-order valence-electron chi connectivity index (χ1n) is 4.74. The normalized spacial score (nSPS) is 9.80. The van der Waals surface area contributed by atoms with Crippen molar-refractivity contribution < 1.29 is 9.53 Å². The van der Waals surface area contributed by atoms with Gasteiger partial charge in [0, 0.05) is 20.1 Å². The zero-order valence-electron chi connectivity index (χ0n) is 9.06. The van der Waals surface area contributed by atoms with E-state index in [2.05, 4.69) is 4.74 Å². The van der Waals surface area contributed by atoms with Crippen LogP contribution in [0.1, 0.15) is 11.1 Å². The van der Waals surface area contributed by atoms with E-state index in [9.17, 15) is 4.79 Å². The molecule has 0 atom stereocenters. The van der Waals surface area contributed by atoms with E-state index in [4.69, 9.17) is 5.73 Å². The van der Waals surface area contributed by atoms with Gasteiger partial charge < -0.3 is 15.4 Å². The molecule has 0 saturated heterocycles. The van der Waals surface area contributed by atoms with Crippen molar-refractivity contribution >= 4 is 6.09 Å². The van der Waals surface area contributed by atoms with Crippen LogP contribution in [0.2, 0.25) is 0 Å². The van der Waals surface area contributed by atoms with Crippen LogP contribution in [0.25, 0.3) is 0 Å². The third kappa shape index (κ3) is 3.25. The van der Waals surface area contributed by atoms with E-state index < -0.39 is 0 Å². The fourth-order valence-electron chi connectivity index (χ4n) is 1.28. The summed E-state index contributed by atoms with van der Waals surface area (Å²) >= 11 is 0. The maximum atomic E-state index is 11.1. The predicted molar refractivity (Wildman–Crippen MR) is 58.2 cm³/mol. The predicted octanol–water partition coefficient (Wildman–Crippen LogP) is 1.34. The molecule has 0 aliphatic rings. The van der Waals surface area contributed by atoms with Gasteiger partial charge in [-0.3, -0.25) is 0 Å². The molecule has 0 heterocycles. The number of amides is 1. The molecule has 15 heavy (non-hydrogen) atoms. The highest BCUT2D eigenvalue weighted by molar-refractivity contribution is 5.66. The fourth-order valence-corrected chi connectivity index (χ4v) is 1.28. The molecule has 2 N–H and O–H groups in total. The van der Waals surface area contributed by atoms with Gasteiger partial charge in [-0.15, -0.1) is 0 Å². The minimum atomic E-state index is -0.335. The first-order chi connectivity index (χ1) is 7.17. The number of rotatable bonds is 3. The van der Waals surface area contributed by atoms with E-state index in [1.54, 1.807) is 7.05 Å². The minimum Gasteiger partial charge on any atom is -0.453 e. The Balaban J connectivity index is 2.60. The summed E-state index contributed by atoms with van der Waals surface area (Å²) in [6.07, 6.45) is -0.335. The molecule has 0 aliphatic carbocycles. The van der Waals surface area contributed by atoms with Crippen LogP contribution in [-0.4, -0.2) is 25.2 Å². The molecule has 0 aliphatic heterocycles. The largest absolute Gasteiger partial charge is 0.453 e. The lowest BCUT2D eigenvalue weighted by Gasteiger charge is -2.15. The minimum absolute atomic E-state index is 0.335. The van der Waals surface area contributed by atoms with Gasteiger partial charge in [-0.05, 0) is 11.1 Å². The quantitative estimate of drug-likeness (QED) is 0.815. The van der Waals surface area contributed by atoms with E-state index in [1.165, 1.54) is 12.0 Å². The van der Waals surface area contributed by atoms with E-state index in [0.29, 0.717) is 13.1 Å². The summed E-state index contributed by atoms with van der Waals surface area (Å²) < 4.78 is 4.60. The Hall–Kier alpha value is -1.55. The average Bonchev–Trinajstić information content (AvgIpc) is 2.29. The van der Waals surface area contributed by atoms with Gasteiger partial charge in [-0.1, -0.05) is 24.3 Å². The molecule has 1 amide bonds. The number of hydrogen-bond acceptors (Lipinski definition) is 3. The number of benzene rings is 1. The van der Waals surface area contributed by atoms with E-state index in [-0.39, 0.29) is 6.09 Å². The van der Waals surface area contributed by atoms with Crippen molar-refractivity contribution in [1.82, 2.24) is 4.90 Å². The number of nitrogens with zero attached hydrogens (tertiary/aromatic N) is 1. The Kier molecular flexibility index (Phi) is 4.12. The van der Waals surface area contributed by atoms with Gasteiger partial charge in [-0.25, -0.2) is 4.79 Å². The topological polar surface area (TPSA) is 55.6 Å². The fraction of sp³-hybridized carbons (Fsp3) is 0.364. The lowest BCUT2D eigenvalue weighted by atomic mass is 10.1. The summed E-state index contributed by atoms with van der Waals surface area (Å²) in [5.74, 6) is 0. The molecule has 4 nitrogen and oxygen atoms in total. The number of carbonyl (C=O) groups excluding carboxylic acids is 1. The van der Waals surface area contributed by atoms with Crippen molar-refractivity contribution in [2.45, 2.75) is 13.1 Å². The Labute approximate surface area is 89.6 Å². The molecule has 1 aromatic rings. The van der Waals surface area contributed by atoms with Gasteiger partial charge in [-0.2, -0.15) is 0 Å². The molecule has 4 heteroatoms. The number of methoxy groups -OCH3 is 1. The molecule has 0 bridgehead atoms. The van der Waals surface area contributed by atoms with Gasteiger partial charge in [0.1, 0.15) is 0 Å². The second kappa shape index (κ2) is 5.36. The van der Waals surface area contributed by atoms with Crippen LogP contribution in [0.5, 0.6) is 0 Å². The number of carbonyl (C=O) groups is 1. The SMILES string of the molecule is COC(=O)N(C)Cc1ccc(CN)cc1. The van der Waals surface area contributed by atoms with Gasteiger partial charge in [0.2, 0.25) is 0 Å². The van der Waals surface area contributed by atoms with Crippen LogP contribution < -0.4 is 5.73 Å². The highest BCUT2D eigenvalue weighted by Crippen LogP contribution is 2.06. The summed E-state index contributed by atoms with van der Waals surface area (Å²) in [4.78, 5) is 12.6. The zero-order valence-corrected chi connectivity index (χ0v) is 9.06. The Morgan fingerprint density at radius 1 is 1.33 bits per heavy atom. The summed E-state index contributed by atoms with van der Waals surface area (Å²) in [6.45, 7) is 1.07. The monoisotopic (exact) mass is 208 g/mol. The van der Waals surface area contributed by atoms with Gasteiger partial charge in [0.15, 0.2) is 0 Å². The van der Waals surface area contributed by atoms with Crippen LogP contribution in [0.3, 0.4) is 0 Å². The van der Waals surface area contributed by atoms with Gasteiger partial charge in [0.05, 0.1) is 7.11 Å². The van der Waals surface area contributed by atoms with E-state index in [0.717, 1.165) is 11.1 Å². The summed E-state index contributed by atoms with van der Waals surface area (Å²) in [6, 6.07) is 7.84. The standard InChI is InChI=1S/C11H16N2O2/c1-13(11(14)15-2)8-10-5-3-9(7-12)4-6-10/h3-6H,7-8,12H2,1-2H3. The second-order valence-electron chi connectivity index (χ2n) is 3.35. The second-order valence-corrected chi connectivity index (χ2v) is 3.35. The number of ether oxygens (including phenoxy) is 1. The first kappa shape index (κ1) is 11.5. The maximum Gasteiger partial charge on any atom is 0.409 e. The number of nitrogens with two attached hydrogens (primary N) is 1. The molecule has 0 aromatic heterocycles. The molecule has 0 unspecified atom stereocenters. The van der Waals surface area contributed by atoms with Crippen LogP contribution in [0.4, 0.5) is 4.79 Å². The van der Waals surface area contributed by atoms with Crippen molar-refractivity contribution in [3.05, 3.63) is 35.4 Å². The average molecular weight is 208 g/mol. The van der Waals surface area contributed by atoms with Crippen molar-refractivity contribution in [3.8, 4) is 0 Å². The molecule has 0 spiro atoms. The molecule has 0 saturated carbocycles. The maximum absolute atomic E-state index is 11.1. The van der Waals surface area contributed by atoms with Crippen LogP contribution in [0, 0.1) is 0 Å². The highest BCUT2D eigenvalue weighted by Gasteiger charge is 2.07. The van der Waals surface area contributed by atoms with E-state index in [1.807, 2.05) is 24.3 Å². The molecule has 1 aromatic carbocycles. The molecule has 0 radical (unpaired) electrons. The van der Waals surface area contributed by atoms with Gasteiger partial charge >= 0.3 is 6.09 Å². The smallest absolute Gasteiger partial charge is 0.409 e. The zero-order chi connectivity index (χ0) is 11.3. The van der Waals surface area contributed by atoms with Gasteiger partial charge in [0.25, 0.3) is 0 Å². The van der Waals surface area contributed by atoms with Crippen molar-refractivity contribution in [3.63, 3.8) is 0 Å². The van der Waals surface area contributed by atoms with Crippen molar-refractivity contribution in [2.75, 3.05) is 14.2 Å². The first-order valence-corrected chi connectivity index (χ1v) is 4.74. The van der Waals surface area contributed by atoms with Crippen LogP contribution in [0.15, 0.2) is 24.3 Å². The molecule has 82 valence electrons. The Morgan fingerprint density at radius 2 is 1.87 bits per heavy atom. The molecular weight excluding hydrogens is 192 g/mol. The van der Waals surface area contributed by atoms with Crippen molar-refractivity contribution in [1.29, 1.82) is 0 Å². The summed E-state index contributed by atoms with van der Waals surface area (Å²) in [5.41, 5.74) is 7.62. The summed E-state index contributed by atoms with van der Waals surface area (Å²) in [5, 5.41) is 0. The number of hydrogen-bond donors (Lipinski definition) is 1. The highest BCUT2D eigenvalue weighted by atomic mass is 16.5. The van der Waals surface area contributed by atoms with Crippen LogP contribution >= 0.6 is 0 Å². The Bertz CT molecular complexity index is 322. The lowest BCUT2D eigenvalue weighted by Crippen LogP contribution is -2.25. The summed E-state index contributed by atoms with van der Waals surface area (Å²) in [7, 11) is 3.07. The van der Waals surface area contributed by atoms with Crippen LogP contribution in [-0.2, 0) is 17.8 Å². The molecule has 1 rings (SSSR count). The van der Waals surface area contributed by atoms with E-state index >= 15 is 0 Å².